The third-order valence-electron chi connectivity index (χ3n) is 1.06. The molecular formula is C7H9N. The molecule has 0 heterocycles. The molecule has 0 aromatic rings. The molecule has 0 aromatic carbocycles. The van der Waals surface area contributed by atoms with Crippen molar-refractivity contribution >= 4 is 0 Å². The van der Waals surface area contributed by atoms with Gasteiger partial charge in [0.1, 0.15) is 0 Å². The van der Waals surface area contributed by atoms with Crippen molar-refractivity contribution in [3.05, 3.63) is 36.7 Å². The molecule has 1 heteroatoms. The van der Waals surface area contributed by atoms with Crippen molar-refractivity contribution in [2.45, 2.75) is 6.42 Å². The van der Waals surface area contributed by atoms with Crippen molar-refractivity contribution < 1.29 is 0 Å². The molecule has 1 aliphatic rings. The summed E-state index contributed by atoms with van der Waals surface area (Å²) >= 11 is 0. The van der Waals surface area contributed by atoms with E-state index in [0.717, 1.165) is 6.42 Å². The van der Waals surface area contributed by atoms with E-state index in [2.05, 4.69) is 18.0 Å². The van der Waals surface area contributed by atoms with E-state index in [1.54, 1.807) is 6.20 Å². The Hall–Kier alpha value is -0.980. The van der Waals surface area contributed by atoms with Crippen LogP contribution >= 0.6 is 0 Å². The summed E-state index contributed by atoms with van der Waals surface area (Å²) in [6, 6.07) is 0. The minimum atomic E-state index is 1.02. The summed E-state index contributed by atoms with van der Waals surface area (Å²) in [5.74, 6) is 0. The normalized spacial score (nSPS) is 15.8. The maximum absolute atomic E-state index is 3.54. The average molecular weight is 107 g/mol. The lowest BCUT2D eigenvalue weighted by molar-refractivity contribution is 1.01. The second-order valence-electron chi connectivity index (χ2n) is 1.67. The fourth-order valence-electron chi connectivity index (χ4n) is 0.685. The largest absolute Gasteiger partial charge is 0.365 e. The fourth-order valence-corrected chi connectivity index (χ4v) is 0.685. The first-order valence-electron chi connectivity index (χ1n) is 2.66. The van der Waals surface area contributed by atoms with Crippen molar-refractivity contribution in [2.75, 3.05) is 0 Å². The second kappa shape index (κ2) is 2.36. The van der Waals surface area contributed by atoms with E-state index in [9.17, 15) is 0 Å². The monoisotopic (exact) mass is 107 g/mol. The molecule has 0 saturated heterocycles. The Morgan fingerprint density at radius 3 is 3.12 bits per heavy atom. The van der Waals surface area contributed by atoms with Crippen LogP contribution in [0.1, 0.15) is 6.42 Å². The van der Waals surface area contributed by atoms with Gasteiger partial charge < -0.3 is 5.32 Å². The molecule has 1 N–H and O–H groups in total. The lowest BCUT2D eigenvalue weighted by Gasteiger charge is -1.96. The van der Waals surface area contributed by atoms with Gasteiger partial charge in [-0.3, -0.25) is 0 Å². The van der Waals surface area contributed by atoms with E-state index >= 15 is 0 Å². The molecule has 42 valence electrons. The number of allylic oxidation sites excluding steroid dienone is 3. The summed E-state index contributed by atoms with van der Waals surface area (Å²) in [7, 11) is 0. The summed E-state index contributed by atoms with van der Waals surface area (Å²) in [5.41, 5.74) is 1.22. The van der Waals surface area contributed by atoms with E-state index in [-0.39, 0.29) is 0 Å². The first-order chi connectivity index (χ1) is 3.93. The highest BCUT2D eigenvalue weighted by atomic mass is 14.8. The van der Waals surface area contributed by atoms with Gasteiger partial charge in [-0.1, -0.05) is 18.7 Å². The molecule has 0 unspecified atom stereocenters. The Bertz CT molecular complexity index is 142. The van der Waals surface area contributed by atoms with Gasteiger partial charge in [0.25, 0.3) is 0 Å². The molecule has 0 saturated carbocycles. The Morgan fingerprint density at radius 2 is 2.62 bits per heavy atom. The summed E-state index contributed by atoms with van der Waals surface area (Å²) in [6.45, 7) is 3.54. The lowest BCUT2D eigenvalue weighted by Crippen LogP contribution is -1.99. The van der Waals surface area contributed by atoms with Gasteiger partial charge in [-0.2, -0.15) is 0 Å². The second-order valence-corrected chi connectivity index (χ2v) is 1.67. The molecule has 0 atom stereocenters. The molecule has 0 fully saturated rings. The van der Waals surface area contributed by atoms with Crippen LogP contribution < -0.4 is 5.32 Å². The molecule has 1 rings (SSSR count). The van der Waals surface area contributed by atoms with Gasteiger partial charge in [0, 0.05) is 12.1 Å². The van der Waals surface area contributed by atoms with Crippen LogP contribution in [0, 0.1) is 0 Å². The summed E-state index contributed by atoms with van der Waals surface area (Å²) < 4.78 is 0. The smallest absolute Gasteiger partial charge is 0.0184 e. The molecule has 0 amide bonds. The minimum absolute atomic E-state index is 1.02. The standard InChI is InChI=1S/C7H9N/c1-2-8-7-5-3-4-6-7/h2-5,8H,1,6H2. The Morgan fingerprint density at radius 1 is 1.75 bits per heavy atom. The van der Waals surface area contributed by atoms with E-state index in [0.29, 0.717) is 0 Å². The Labute approximate surface area is 49.4 Å². The van der Waals surface area contributed by atoms with Crippen molar-refractivity contribution in [1.82, 2.24) is 5.32 Å². The van der Waals surface area contributed by atoms with E-state index in [1.165, 1.54) is 5.70 Å². The van der Waals surface area contributed by atoms with Crippen molar-refractivity contribution in [1.29, 1.82) is 0 Å². The molecule has 0 bridgehead atoms. The van der Waals surface area contributed by atoms with Gasteiger partial charge in [0.15, 0.2) is 0 Å². The minimum Gasteiger partial charge on any atom is -0.365 e. The number of hydrogen-bond acceptors (Lipinski definition) is 1. The molecular weight excluding hydrogens is 98.1 g/mol. The predicted molar refractivity (Wildman–Crippen MR) is 35.2 cm³/mol. The van der Waals surface area contributed by atoms with Crippen LogP contribution in [0.4, 0.5) is 0 Å². The number of hydrogen-bond donors (Lipinski definition) is 1. The van der Waals surface area contributed by atoms with Gasteiger partial charge in [0.05, 0.1) is 0 Å². The Balaban J connectivity index is 2.39. The Kier molecular flexibility index (Phi) is 1.52. The molecule has 0 aromatic heterocycles. The van der Waals surface area contributed by atoms with Crippen LogP contribution in [-0.2, 0) is 0 Å². The highest BCUT2D eigenvalue weighted by Crippen LogP contribution is 2.05. The molecule has 0 spiro atoms. The van der Waals surface area contributed by atoms with Crippen LogP contribution in [0.15, 0.2) is 36.7 Å². The lowest BCUT2D eigenvalue weighted by atomic mass is 10.4. The van der Waals surface area contributed by atoms with Crippen molar-refractivity contribution in [3.63, 3.8) is 0 Å². The van der Waals surface area contributed by atoms with Gasteiger partial charge in [-0.05, 0) is 12.3 Å². The average Bonchev–Trinajstić information content (AvgIpc) is 2.19. The van der Waals surface area contributed by atoms with E-state index in [1.807, 2.05) is 12.2 Å². The molecule has 1 nitrogen and oxygen atoms in total. The zero-order valence-electron chi connectivity index (χ0n) is 4.72. The number of nitrogens with one attached hydrogen (secondary N) is 1. The zero-order valence-corrected chi connectivity index (χ0v) is 4.72. The molecule has 1 aliphatic carbocycles. The first kappa shape index (κ1) is 5.16. The van der Waals surface area contributed by atoms with E-state index in [4.69, 9.17) is 0 Å². The van der Waals surface area contributed by atoms with Gasteiger partial charge >= 0.3 is 0 Å². The highest BCUT2D eigenvalue weighted by Gasteiger charge is 1.92. The van der Waals surface area contributed by atoms with Crippen molar-refractivity contribution in [2.24, 2.45) is 0 Å². The van der Waals surface area contributed by atoms with Crippen LogP contribution in [0.3, 0.4) is 0 Å². The van der Waals surface area contributed by atoms with Gasteiger partial charge in [-0.15, -0.1) is 0 Å². The fraction of sp³-hybridized carbons (Fsp3) is 0.143. The van der Waals surface area contributed by atoms with Gasteiger partial charge in [-0.25, -0.2) is 0 Å². The quantitative estimate of drug-likeness (QED) is 0.564. The van der Waals surface area contributed by atoms with Crippen LogP contribution in [-0.4, -0.2) is 0 Å². The number of rotatable bonds is 2. The maximum Gasteiger partial charge on any atom is 0.0184 e. The van der Waals surface area contributed by atoms with Crippen LogP contribution in [0.25, 0.3) is 0 Å². The van der Waals surface area contributed by atoms with Crippen molar-refractivity contribution in [3.8, 4) is 0 Å². The summed E-state index contributed by atoms with van der Waals surface area (Å²) in [6.07, 6.45) is 8.89. The van der Waals surface area contributed by atoms with Crippen LogP contribution in [0.2, 0.25) is 0 Å². The zero-order chi connectivity index (χ0) is 5.82. The third-order valence-corrected chi connectivity index (χ3v) is 1.06. The third kappa shape index (κ3) is 0.997. The van der Waals surface area contributed by atoms with Crippen LogP contribution in [0.5, 0.6) is 0 Å². The first-order valence-corrected chi connectivity index (χ1v) is 2.66. The summed E-state index contributed by atoms with van der Waals surface area (Å²) in [4.78, 5) is 0. The molecule has 0 aliphatic heterocycles. The topological polar surface area (TPSA) is 12.0 Å². The van der Waals surface area contributed by atoms with Gasteiger partial charge in [0.2, 0.25) is 0 Å². The summed E-state index contributed by atoms with van der Waals surface area (Å²) in [5, 5.41) is 3.01. The van der Waals surface area contributed by atoms with E-state index < -0.39 is 0 Å². The molecule has 8 heavy (non-hydrogen) atoms. The maximum atomic E-state index is 3.54. The predicted octanol–water partition coefficient (Wildman–Crippen LogP) is 1.56. The highest BCUT2D eigenvalue weighted by molar-refractivity contribution is 5.22. The molecule has 0 radical (unpaired) electrons. The SMILES string of the molecule is C=CNC1=CC=CC1.